The Labute approximate surface area is 324 Å². The average molecular weight is 859 g/mol. The number of pyridine rings is 1. The Morgan fingerprint density at radius 2 is 1.47 bits per heavy atom. The number of aliphatic hydroxyl groups excluding tert-OH is 2. The molecule has 58 heavy (non-hydrogen) atoms. The van der Waals surface area contributed by atoms with E-state index in [1.54, 1.807) is 0 Å². The number of aromatic amines is 1. The monoisotopic (exact) mass is 858 g/mol. The fraction of sp³-hybridized carbons (Fsp3) is 0.533. The van der Waals surface area contributed by atoms with Crippen molar-refractivity contribution in [3.63, 3.8) is 0 Å². The first-order chi connectivity index (χ1) is 27.4. The largest absolute Gasteiger partial charge is 0.869 e. The zero-order chi connectivity index (χ0) is 41.7. The predicted molar refractivity (Wildman–Crippen MR) is 190 cm³/mol. The summed E-state index contributed by atoms with van der Waals surface area (Å²) in [7, 11) is -10.1. The molecular formula is C30H38N9O17P2-. The average Bonchev–Trinajstić information content (AvgIpc) is 3.94. The van der Waals surface area contributed by atoms with Crippen LogP contribution in [0.4, 0.5) is 11.8 Å². The lowest BCUT2D eigenvalue weighted by molar-refractivity contribution is -0.271. The van der Waals surface area contributed by atoms with Crippen LogP contribution in [-0.2, 0) is 41.4 Å². The number of ether oxygens (including phenoxy) is 3. The van der Waals surface area contributed by atoms with Crippen LogP contribution in [0.5, 0.6) is 5.75 Å². The summed E-state index contributed by atoms with van der Waals surface area (Å²) >= 11 is 0. The van der Waals surface area contributed by atoms with Gasteiger partial charge in [0, 0.05) is 43.4 Å². The van der Waals surface area contributed by atoms with E-state index in [0.717, 1.165) is 10.6 Å². The molecule has 0 bridgehead atoms. The molecule has 4 aromatic rings. The van der Waals surface area contributed by atoms with Gasteiger partial charge in [0.15, 0.2) is 16.6 Å². The quantitative estimate of drug-likeness (QED) is 0.0675. The Morgan fingerprint density at radius 3 is 2.14 bits per heavy atom. The third-order valence-corrected chi connectivity index (χ3v) is 11.7. The molecule has 3 aliphatic rings. The lowest BCUT2D eigenvalue weighted by atomic mass is 10.2. The molecule has 7 rings (SSSR count). The summed E-state index contributed by atoms with van der Waals surface area (Å²) in [5.74, 6) is -1.08. The van der Waals surface area contributed by atoms with E-state index in [2.05, 4.69) is 19.9 Å². The Kier molecular flexibility index (Phi) is 11.8. The normalized spacial score (nSPS) is 29.5. The molecule has 0 spiro atoms. The Bertz CT molecular complexity index is 2440. The molecule has 0 amide bonds. The number of imidazole rings is 1. The van der Waals surface area contributed by atoms with Crippen LogP contribution in [0.3, 0.4) is 0 Å². The first-order valence-electron chi connectivity index (χ1n) is 17.4. The highest BCUT2D eigenvalue weighted by atomic mass is 31.2. The number of nitrogen functional groups attached to an aromatic ring is 2. The number of aliphatic hydroxyl groups is 2. The van der Waals surface area contributed by atoms with E-state index in [9.17, 15) is 48.6 Å². The van der Waals surface area contributed by atoms with Crippen molar-refractivity contribution in [2.45, 2.75) is 81.5 Å². The summed E-state index contributed by atoms with van der Waals surface area (Å²) in [6, 6.07) is 2.34. The van der Waals surface area contributed by atoms with Crippen molar-refractivity contribution >= 4 is 38.6 Å². The minimum atomic E-state index is -5.06. The second-order valence-electron chi connectivity index (χ2n) is 13.5. The maximum absolute atomic E-state index is 13.3. The first kappa shape index (κ1) is 41.7. The highest BCUT2D eigenvalue weighted by molar-refractivity contribution is 7.47. The van der Waals surface area contributed by atoms with Gasteiger partial charge in [0.2, 0.25) is 5.95 Å². The fourth-order valence-corrected chi connectivity index (χ4v) is 8.71. The highest BCUT2D eigenvalue weighted by Crippen LogP contribution is 2.52. The summed E-state index contributed by atoms with van der Waals surface area (Å²) in [6.07, 6.45) is -7.56. The van der Waals surface area contributed by atoms with Crippen LogP contribution in [0.2, 0.25) is 0 Å². The third-order valence-electron chi connectivity index (χ3n) is 9.65. The zero-order valence-corrected chi connectivity index (χ0v) is 31.9. The van der Waals surface area contributed by atoms with Crippen LogP contribution in [0, 0.1) is 6.92 Å². The zero-order valence-electron chi connectivity index (χ0n) is 30.2. The Hall–Kier alpha value is -4.40. The van der Waals surface area contributed by atoms with E-state index in [1.165, 1.54) is 40.8 Å². The van der Waals surface area contributed by atoms with Crippen molar-refractivity contribution in [2.24, 2.45) is 0 Å². The summed E-state index contributed by atoms with van der Waals surface area (Å²) < 4.78 is 68.9. The molecule has 4 aromatic heterocycles. The molecule has 11 atom stereocenters. The molecule has 3 fully saturated rings. The molecule has 0 saturated carbocycles. The van der Waals surface area contributed by atoms with Crippen molar-refractivity contribution in [2.75, 3.05) is 31.3 Å². The van der Waals surface area contributed by atoms with Gasteiger partial charge in [0.1, 0.15) is 55.0 Å². The number of hydrogen-bond acceptors (Lipinski definition) is 20. The Balaban J connectivity index is 1.02. The molecule has 316 valence electrons. The SMILES string of the molecule is Cc1c([O-])c(=O)ccn1[C@H]1C[C@H](OP(=O)(O)OC[C@H]2O[C@@H](n3ccc(N)nc3=O)C[C@@H]2O)[C@@H](COP(=O)(O)O[C@H]2C[C@H](n3cnc4c(=O)[nH]c(N)nc43)O[C@@H]2CO)O1. The number of phosphoric acid groups is 2. The topological polar surface area (TPSA) is 375 Å². The fourth-order valence-electron chi connectivity index (χ4n) is 6.79. The van der Waals surface area contributed by atoms with Gasteiger partial charge in [0.05, 0.1) is 32.3 Å². The number of nitrogens with zero attached hydrogens (tertiary/aromatic N) is 6. The second kappa shape index (κ2) is 16.3. The number of H-pyrrole nitrogens is 1. The van der Waals surface area contributed by atoms with Crippen LogP contribution in [0.1, 0.15) is 43.6 Å². The van der Waals surface area contributed by atoms with Gasteiger partial charge in [-0.2, -0.15) is 9.97 Å². The molecule has 3 saturated heterocycles. The number of hydrogen-bond donors (Lipinski definition) is 7. The van der Waals surface area contributed by atoms with Gasteiger partial charge in [-0.15, -0.1) is 0 Å². The number of aromatic nitrogens is 7. The van der Waals surface area contributed by atoms with Gasteiger partial charge in [-0.1, -0.05) is 0 Å². The summed E-state index contributed by atoms with van der Waals surface area (Å²) in [4.78, 5) is 72.0. The number of nitrogens with one attached hydrogen (secondary N) is 1. The van der Waals surface area contributed by atoms with Crippen molar-refractivity contribution < 1.29 is 66.5 Å². The molecule has 0 aliphatic carbocycles. The van der Waals surface area contributed by atoms with Crippen molar-refractivity contribution in [1.82, 2.24) is 33.6 Å². The van der Waals surface area contributed by atoms with Crippen LogP contribution >= 0.6 is 15.6 Å². The van der Waals surface area contributed by atoms with Crippen molar-refractivity contribution in [3.05, 3.63) is 67.6 Å². The van der Waals surface area contributed by atoms with E-state index in [4.69, 9.17) is 43.8 Å². The van der Waals surface area contributed by atoms with Gasteiger partial charge >= 0.3 is 21.3 Å². The lowest BCUT2D eigenvalue weighted by Crippen LogP contribution is -2.31. The molecule has 0 radical (unpaired) electrons. The number of nitrogens with two attached hydrogens (primary N) is 2. The maximum Gasteiger partial charge on any atom is 0.472 e. The summed E-state index contributed by atoms with van der Waals surface area (Å²) in [5, 5.41) is 33.0. The smallest absolute Gasteiger partial charge is 0.472 e. The van der Waals surface area contributed by atoms with Crippen LogP contribution in [-0.4, -0.2) is 110 Å². The molecule has 2 unspecified atom stereocenters. The number of rotatable bonds is 14. The molecule has 9 N–H and O–H groups in total. The number of phosphoric ester groups is 2. The van der Waals surface area contributed by atoms with Crippen LogP contribution < -0.4 is 33.3 Å². The van der Waals surface area contributed by atoms with Gasteiger partial charge in [-0.3, -0.25) is 41.8 Å². The van der Waals surface area contributed by atoms with Gasteiger partial charge in [0.25, 0.3) is 5.56 Å². The molecule has 3 aliphatic heterocycles. The molecule has 28 heteroatoms. The van der Waals surface area contributed by atoms with E-state index in [1.807, 2.05) is 0 Å². The third kappa shape index (κ3) is 8.79. The highest BCUT2D eigenvalue weighted by Gasteiger charge is 2.46. The van der Waals surface area contributed by atoms with Crippen molar-refractivity contribution in [1.29, 1.82) is 0 Å². The second-order valence-corrected chi connectivity index (χ2v) is 16.3. The van der Waals surface area contributed by atoms with Gasteiger partial charge in [-0.25, -0.2) is 18.9 Å². The standard InChI is InChI=1S/C30H39N9O17P2/c1-13-26(43)14(41)2-4-37(13)23-8-17(56-57(46,47)50-10-19-15(42)6-22(53-19)38-5-3-21(31)34-30(38)45)20(54-23)11-51-58(48,49)55-16-7-24(52-18(16)9-40)39-12-33-25-27(39)35-29(32)36-28(25)44/h2-5,12,15-20,22-24,40,42-43H,6-11H2,1H3,(H,46,47)(H,48,49)(H2,31,34,45)(H3,32,35,36,44)/p-1/t15-,16-,17-,18+,19+,20+,22+,23+,24+/m0/s1. The Morgan fingerprint density at radius 1 is 0.879 bits per heavy atom. The first-order valence-corrected chi connectivity index (χ1v) is 20.4. The predicted octanol–water partition coefficient (Wildman–Crippen LogP) is -2.00. The van der Waals surface area contributed by atoms with Gasteiger partial charge in [-0.05, 0) is 18.7 Å². The molecule has 7 heterocycles. The van der Waals surface area contributed by atoms with E-state index in [0.29, 0.717) is 0 Å². The lowest BCUT2D eigenvalue weighted by Gasteiger charge is -2.24. The van der Waals surface area contributed by atoms with Gasteiger partial charge < -0.3 is 55.4 Å². The number of anilines is 2. The molecule has 0 aromatic carbocycles. The van der Waals surface area contributed by atoms with Crippen molar-refractivity contribution in [3.8, 4) is 5.75 Å². The van der Waals surface area contributed by atoms with Crippen LogP contribution in [0.25, 0.3) is 11.2 Å². The maximum atomic E-state index is 13.3. The molecule has 26 nitrogen and oxygen atoms in total. The molecular weight excluding hydrogens is 820 g/mol. The minimum Gasteiger partial charge on any atom is -0.869 e. The van der Waals surface area contributed by atoms with E-state index in [-0.39, 0.29) is 47.9 Å². The van der Waals surface area contributed by atoms with E-state index >= 15 is 0 Å². The van der Waals surface area contributed by atoms with Crippen LogP contribution in [0.15, 0.2) is 45.2 Å². The van der Waals surface area contributed by atoms with E-state index < -0.39 is 113 Å². The number of fused-ring (bicyclic) bond motifs is 1. The minimum absolute atomic E-state index is 0.0313. The summed E-state index contributed by atoms with van der Waals surface area (Å²) in [5.41, 5.74) is 8.97. The summed E-state index contributed by atoms with van der Waals surface area (Å²) in [6.45, 7) is -0.820.